The van der Waals surface area contributed by atoms with Gasteiger partial charge in [-0.25, -0.2) is 0 Å². The molecule has 2 rings (SSSR count). The number of rotatable bonds is 3. The Morgan fingerprint density at radius 1 is 1.22 bits per heavy atom. The first-order chi connectivity index (χ1) is 8.54. The zero-order valence-electron chi connectivity index (χ0n) is 10.2. The summed E-state index contributed by atoms with van der Waals surface area (Å²) in [5.41, 5.74) is 2.21. The maximum atomic E-state index is 6.17. The van der Waals surface area contributed by atoms with Gasteiger partial charge in [-0.05, 0) is 23.6 Å². The molecule has 1 aromatic rings. The highest BCUT2D eigenvalue weighted by Gasteiger charge is 2.39. The highest BCUT2D eigenvalue weighted by molar-refractivity contribution is 6.68. The SMILES string of the molecule is CCCCN1C=Cc2ccccc2C1C(Cl)(Cl)Cl. The van der Waals surface area contributed by atoms with Gasteiger partial charge >= 0.3 is 0 Å². The topological polar surface area (TPSA) is 3.24 Å². The lowest BCUT2D eigenvalue weighted by molar-refractivity contribution is 0.275. The molecule has 1 atom stereocenters. The first kappa shape index (κ1) is 14.0. The molecule has 0 spiro atoms. The predicted octanol–water partition coefficient (Wildman–Crippen LogP) is 5.18. The molecule has 0 amide bonds. The van der Waals surface area contributed by atoms with Crippen molar-refractivity contribution in [3.63, 3.8) is 0 Å². The minimum Gasteiger partial charge on any atom is -0.366 e. The maximum absolute atomic E-state index is 6.17. The van der Waals surface area contributed by atoms with Crippen LogP contribution in [0.15, 0.2) is 30.5 Å². The van der Waals surface area contributed by atoms with Crippen LogP contribution in [0, 0.1) is 0 Å². The van der Waals surface area contributed by atoms with E-state index in [0.29, 0.717) is 0 Å². The number of hydrogen-bond donors (Lipinski definition) is 0. The van der Waals surface area contributed by atoms with Crippen LogP contribution in [-0.4, -0.2) is 15.2 Å². The quantitative estimate of drug-likeness (QED) is 0.695. The molecular formula is C14H16Cl3N. The molecule has 4 heteroatoms. The van der Waals surface area contributed by atoms with Gasteiger partial charge in [-0.3, -0.25) is 0 Å². The zero-order chi connectivity index (χ0) is 13.2. The summed E-state index contributed by atoms with van der Waals surface area (Å²) in [4.78, 5) is 2.12. The minimum absolute atomic E-state index is 0.213. The predicted molar refractivity (Wildman–Crippen MR) is 80.1 cm³/mol. The molecule has 1 aromatic carbocycles. The summed E-state index contributed by atoms with van der Waals surface area (Å²) < 4.78 is -1.32. The second-order valence-corrected chi connectivity index (χ2v) is 6.85. The van der Waals surface area contributed by atoms with Gasteiger partial charge in [0.2, 0.25) is 3.79 Å². The molecule has 0 saturated carbocycles. The van der Waals surface area contributed by atoms with Gasteiger partial charge in [0.25, 0.3) is 0 Å². The van der Waals surface area contributed by atoms with Crippen LogP contribution in [0.5, 0.6) is 0 Å². The van der Waals surface area contributed by atoms with Gasteiger partial charge in [0.1, 0.15) is 6.04 Å². The number of benzene rings is 1. The van der Waals surface area contributed by atoms with E-state index >= 15 is 0 Å². The Balaban J connectivity index is 2.36. The van der Waals surface area contributed by atoms with E-state index in [9.17, 15) is 0 Å². The van der Waals surface area contributed by atoms with Crippen molar-refractivity contribution in [3.05, 3.63) is 41.6 Å². The summed E-state index contributed by atoms with van der Waals surface area (Å²) >= 11 is 18.5. The van der Waals surface area contributed by atoms with Crippen molar-refractivity contribution in [3.8, 4) is 0 Å². The van der Waals surface area contributed by atoms with Crippen molar-refractivity contribution in [1.82, 2.24) is 4.90 Å². The van der Waals surface area contributed by atoms with Gasteiger partial charge in [-0.15, -0.1) is 0 Å². The van der Waals surface area contributed by atoms with Crippen molar-refractivity contribution in [2.75, 3.05) is 6.54 Å². The lowest BCUT2D eigenvalue weighted by Gasteiger charge is -2.38. The van der Waals surface area contributed by atoms with Gasteiger partial charge in [-0.2, -0.15) is 0 Å². The molecule has 0 aromatic heterocycles. The summed E-state index contributed by atoms with van der Waals surface area (Å²) in [6.07, 6.45) is 6.32. The molecule has 1 unspecified atom stereocenters. The van der Waals surface area contributed by atoms with Crippen LogP contribution in [0.2, 0.25) is 0 Å². The van der Waals surface area contributed by atoms with Gasteiger partial charge < -0.3 is 4.90 Å². The standard InChI is InChI=1S/C14H16Cl3N/c1-2-3-9-18-10-8-11-6-4-5-7-12(11)13(18)14(15,16)17/h4-8,10,13H,2-3,9H2,1H3. The Hall–Kier alpha value is -0.370. The van der Waals surface area contributed by atoms with Crippen molar-refractivity contribution < 1.29 is 0 Å². The summed E-state index contributed by atoms with van der Waals surface area (Å²) in [6, 6.07) is 7.85. The number of unbranched alkanes of at least 4 members (excludes halogenated alkanes) is 1. The molecule has 0 radical (unpaired) electrons. The van der Waals surface area contributed by atoms with Gasteiger partial charge in [-0.1, -0.05) is 72.4 Å². The lowest BCUT2D eigenvalue weighted by Crippen LogP contribution is -2.36. The van der Waals surface area contributed by atoms with E-state index in [2.05, 4.69) is 17.9 Å². The van der Waals surface area contributed by atoms with Crippen LogP contribution in [0.1, 0.15) is 36.9 Å². The highest BCUT2D eigenvalue weighted by Crippen LogP contribution is 2.46. The number of alkyl halides is 3. The fourth-order valence-electron chi connectivity index (χ4n) is 2.26. The largest absolute Gasteiger partial charge is 0.366 e. The van der Waals surface area contributed by atoms with Gasteiger partial charge in [0.05, 0.1) is 0 Å². The molecule has 98 valence electrons. The smallest absolute Gasteiger partial charge is 0.214 e. The normalized spacial score (nSPS) is 18.9. The Kier molecular flexibility index (Phi) is 4.47. The molecule has 0 aliphatic carbocycles. The molecule has 1 nitrogen and oxygen atoms in total. The molecule has 0 fully saturated rings. The van der Waals surface area contributed by atoms with Gasteiger partial charge in [0, 0.05) is 12.7 Å². The molecule has 1 aliphatic heterocycles. The number of nitrogens with zero attached hydrogens (tertiary/aromatic N) is 1. The van der Waals surface area contributed by atoms with Crippen LogP contribution in [0.3, 0.4) is 0 Å². The molecule has 0 bridgehead atoms. The van der Waals surface area contributed by atoms with Crippen molar-refractivity contribution >= 4 is 40.9 Å². The Morgan fingerprint density at radius 2 is 1.94 bits per heavy atom. The Labute approximate surface area is 123 Å². The van der Waals surface area contributed by atoms with E-state index < -0.39 is 3.79 Å². The van der Waals surface area contributed by atoms with Crippen LogP contribution < -0.4 is 0 Å². The monoisotopic (exact) mass is 303 g/mol. The molecule has 1 heterocycles. The third-order valence-corrected chi connectivity index (χ3v) is 3.77. The van der Waals surface area contributed by atoms with Crippen LogP contribution in [0.4, 0.5) is 0 Å². The summed E-state index contributed by atoms with van der Waals surface area (Å²) in [5, 5.41) is 0. The molecular weight excluding hydrogens is 289 g/mol. The van der Waals surface area contributed by atoms with Crippen LogP contribution in [-0.2, 0) is 0 Å². The fourth-order valence-corrected chi connectivity index (χ4v) is 2.99. The third-order valence-electron chi connectivity index (χ3n) is 3.15. The van der Waals surface area contributed by atoms with Crippen LogP contribution in [0.25, 0.3) is 6.08 Å². The van der Waals surface area contributed by atoms with Crippen molar-refractivity contribution in [1.29, 1.82) is 0 Å². The van der Waals surface area contributed by atoms with E-state index in [0.717, 1.165) is 30.5 Å². The average Bonchev–Trinajstić information content (AvgIpc) is 2.34. The van der Waals surface area contributed by atoms with Crippen molar-refractivity contribution in [2.24, 2.45) is 0 Å². The first-order valence-electron chi connectivity index (χ1n) is 6.13. The first-order valence-corrected chi connectivity index (χ1v) is 7.27. The third kappa shape index (κ3) is 2.96. The van der Waals surface area contributed by atoms with E-state index in [1.54, 1.807) is 0 Å². The lowest BCUT2D eigenvalue weighted by atomic mass is 9.97. The zero-order valence-corrected chi connectivity index (χ0v) is 12.5. The number of halogens is 3. The second-order valence-electron chi connectivity index (χ2n) is 4.48. The minimum atomic E-state index is -1.32. The van der Waals surface area contributed by atoms with E-state index in [1.165, 1.54) is 0 Å². The number of hydrogen-bond acceptors (Lipinski definition) is 1. The fraction of sp³-hybridized carbons (Fsp3) is 0.429. The van der Waals surface area contributed by atoms with E-state index in [4.69, 9.17) is 34.8 Å². The van der Waals surface area contributed by atoms with Crippen LogP contribution >= 0.6 is 34.8 Å². The van der Waals surface area contributed by atoms with Crippen molar-refractivity contribution in [2.45, 2.75) is 29.6 Å². The molecule has 1 aliphatic rings. The molecule has 0 N–H and O–H groups in total. The Bertz CT molecular complexity index is 437. The summed E-state index contributed by atoms with van der Waals surface area (Å²) in [5.74, 6) is 0. The maximum Gasteiger partial charge on any atom is 0.214 e. The van der Waals surface area contributed by atoms with E-state index in [-0.39, 0.29) is 6.04 Å². The Morgan fingerprint density at radius 3 is 2.61 bits per heavy atom. The molecule has 18 heavy (non-hydrogen) atoms. The average molecular weight is 305 g/mol. The molecule has 0 saturated heterocycles. The number of fused-ring (bicyclic) bond motifs is 1. The summed E-state index contributed by atoms with van der Waals surface area (Å²) in [7, 11) is 0. The van der Waals surface area contributed by atoms with E-state index in [1.807, 2.05) is 30.5 Å². The second kappa shape index (κ2) is 5.73. The highest BCUT2D eigenvalue weighted by atomic mass is 35.6. The summed E-state index contributed by atoms with van der Waals surface area (Å²) in [6.45, 7) is 3.06. The van der Waals surface area contributed by atoms with Gasteiger partial charge in [0.15, 0.2) is 0 Å².